The first kappa shape index (κ1) is 15.6. The SMILES string of the molecule is Cc1ccc(NC(=O)CN(C)CCC(C)O)cc1F. The summed E-state index contributed by atoms with van der Waals surface area (Å²) in [4.78, 5) is 13.5. The zero-order valence-corrected chi connectivity index (χ0v) is 11.6. The molecule has 1 rings (SSSR count). The van der Waals surface area contributed by atoms with Gasteiger partial charge in [0.25, 0.3) is 0 Å². The second-order valence-corrected chi connectivity index (χ2v) is 4.89. The first-order valence-corrected chi connectivity index (χ1v) is 6.31. The van der Waals surface area contributed by atoms with Crippen molar-refractivity contribution in [1.82, 2.24) is 4.90 Å². The summed E-state index contributed by atoms with van der Waals surface area (Å²) >= 11 is 0. The van der Waals surface area contributed by atoms with Crippen molar-refractivity contribution in [1.29, 1.82) is 0 Å². The summed E-state index contributed by atoms with van der Waals surface area (Å²) < 4.78 is 13.3. The highest BCUT2D eigenvalue weighted by Gasteiger charge is 2.08. The number of aliphatic hydroxyl groups excluding tert-OH is 1. The number of hydrogen-bond acceptors (Lipinski definition) is 3. The molecule has 19 heavy (non-hydrogen) atoms. The number of hydrogen-bond donors (Lipinski definition) is 2. The van der Waals surface area contributed by atoms with Gasteiger partial charge >= 0.3 is 0 Å². The van der Waals surface area contributed by atoms with Crippen molar-refractivity contribution in [3.8, 4) is 0 Å². The number of aliphatic hydroxyl groups is 1. The average molecular weight is 268 g/mol. The highest BCUT2D eigenvalue weighted by Crippen LogP contribution is 2.13. The van der Waals surface area contributed by atoms with Crippen LogP contribution in [0.1, 0.15) is 18.9 Å². The number of carbonyl (C=O) groups excluding carboxylic acids is 1. The first-order chi connectivity index (χ1) is 8.88. The number of halogens is 1. The van der Waals surface area contributed by atoms with Crippen molar-refractivity contribution in [2.45, 2.75) is 26.4 Å². The number of carbonyl (C=O) groups is 1. The van der Waals surface area contributed by atoms with E-state index in [-0.39, 0.29) is 24.4 Å². The van der Waals surface area contributed by atoms with Crippen molar-refractivity contribution < 1.29 is 14.3 Å². The molecule has 1 aromatic rings. The molecule has 0 heterocycles. The van der Waals surface area contributed by atoms with Gasteiger partial charge in [-0.2, -0.15) is 0 Å². The van der Waals surface area contributed by atoms with Gasteiger partial charge in [-0.25, -0.2) is 4.39 Å². The second kappa shape index (κ2) is 7.21. The Morgan fingerprint density at radius 1 is 1.53 bits per heavy atom. The van der Waals surface area contributed by atoms with Gasteiger partial charge in [-0.1, -0.05) is 6.07 Å². The van der Waals surface area contributed by atoms with Gasteiger partial charge in [0.2, 0.25) is 5.91 Å². The van der Waals surface area contributed by atoms with E-state index in [4.69, 9.17) is 5.11 Å². The van der Waals surface area contributed by atoms with Crippen LogP contribution in [0.5, 0.6) is 0 Å². The van der Waals surface area contributed by atoms with Crippen LogP contribution in [0.4, 0.5) is 10.1 Å². The summed E-state index contributed by atoms with van der Waals surface area (Å²) in [5, 5.41) is 11.8. The van der Waals surface area contributed by atoms with Crippen LogP contribution in [0.25, 0.3) is 0 Å². The standard InChI is InChI=1S/C14H21FN2O2/c1-10-4-5-12(8-13(10)15)16-14(19)9-17(3)7-6-11(2)18/h4-5,8,11,18H,6-7,9H2,1-3H3,(H,16,19). The fourth-order valence-electron chi connectivity index (χ4n) is 1.60. The van der Waals surface area contributed by atoms with E-state index >= 15 is 0 Å². The van der Waals surface area contributed by atoms with Gasteiger partial charge in [0, 0.05) is 12.2 Å². The lowest BCUT2D eigenvalue weighted by Crippen LogP contribution is -2.32. The van der Waals surface area contributed by atoms with Gasteiger partial charge in [-0.3, -0.25) is 9.69 Å². The summed E-state index contributed by atoms with van der Waals surface area (Å²) in [6, 6.07) is 4.61. The molecule has 0 aliphatic rings. The molecule has 0 aromatic heterocycles. The molecule has 0 aliphatic carbocycles. The largest absolute Gasteiger partial charge is 0.393 e. The van der Waals surface area contributed by atoms with Crippen molar-refractivity contribution >= 4 is 11.6 Å². The lowest BCUT2D eigenvalue weighted by Gasteiger charge is -2.17. The Labute approximate surface area is 113 Å². The molecule has 0 saturated carbocycles. The molecule has 106 valence electrons. The van der Waals surface area contributed by atoms with Gasteiger partial charge in [-0.15, -0.1) is 0 Å². The van der Waals surface area contributed by atoms with E-state index in [0.717, 1.165) is 0 Å². The summed E-state index contributed by atoms with van der Waals surface area (Å²) in [6.07, 6.45) is 0.236. The molecule has 4 nitrogen and oxygen atoms in total. The van der Waals surface area contributed by atoms with E-state index in [9.17, 15) is 9.18 Å². The molecule has 0 spiro atoms. The van der Waals surface area contributed by atoms with Crippen LogP contribution in [0.2, 0.25) is 0 Å². The predicted molar refractivity (Wildman–Crippen MR) is 73.6 cm³/mol. The fraction of sp³-hybridized carbons (Fsp3) is 0.500. The predicted octanol–water partition coefficient (Wildman–Crippen LogP) is 1.78. The number of aryl methyl sites for hydroxylation is 1. The molecule has 0 aliphatic heterocycles. The Balaban J connectivity index is 2.44. The Bertz CT molecular complexity index is 435. The normalized spacial score (nSPS) is 12.5. The number of anilines is 1. The second-order valence-electron chi connectivity index (χ2n) is 4.89. The van der Waals surface area contributed by atoms with E-state index in [1.807, 2.05) is 4.90 Å². The van der Waals surface area contributed by atoms with Crippen LogP contribution < -0.4 is 5.32 Å². The first-order valence-electron chi connectivity index (χ1n) is 6.31. The molecule has 2 N–H and O–H groups in total. The van der Waals surface area contributed by atoms with Gasteiger partial charge in [-0.05, 0) is 45.0 Å². The molecular formula is C14H21FN2O2. The van der Waals surface area contributed by atoms with Crippen LogP contribution in [-0.2, 0) is 4.79 Å². The third kappa shape index (κ3) is 5.81. The molecule has 0 radical (unpaired) electrons. The van der Waals surface area contributed by atoms with Crippen LogP contribution in [0, 0.1) is 12.7 Å². The number of likely N-dealkylation sites (N-methyl/N-ethyl adjacent to an activating group) is 1. The highest BCUT2D eigenvalue weighted by molar-refractivity contribution is 5.92. The third-order valence-electron chi connectivity index (χ3n) is 2.80. The van der Waals surface area contributed by atoms with Gasteiger partial charge in [0.15, 0.2) is 0 Å². The summed E-state index contributed by atoms with van der Waals surface area (Å²) in [5.74, 6) is -0.531. The number of amides is 1. The van der Waals surface area contributed by atoms with Gasteiger partial charge < -0.3 is 10.4 Å². The molecule has 1 atom stereocenters. The van der Waals surface area contributed by atoms with Crippen LogP contribution in [0.3, 0.4) is 0 Å². The van der Waals surface area contributed by atoms with E-state index in [1.165, 1.54) is 6.07 Å². The fourth-order valence-corrected chi connectivity index (χ4v) is 1.60. The minimum absolute atomic E-state index is 0.198. The molecule has 1 aromatic carbocycles. The maximum atomic E-state index is 13.3. The lowest BCUT2D eigenvalue weighted by atomic mass is 10.2. The summed E-state index contributed by atoms with van der Waals surface area (Å²) in [5.41, 5.74) is 1.00. The maximum Gasteiger partial charge on any atom is 0.238 e. The Morgan fingerprint density at radius 2 is 2.21 bits per heavy atom. The van der Waals surface area contributed by atoms with Crippen molar-refractivity contribution in [2.24, 2.45) is 0 Å². The van der Waals surface area contributed by atoms with Crippen LogP contribution in [-0.4, -0.2) is 42.2 Å². The zero-order chi connectivity index (χ0) is 14.4. The minimum Gasteiger partial charge on any atom is -0.393 e. The lowest BCUT2D eigenvalue weighted by molar-refractivity contribution is -0.117. The smallest absolute Gasteiger partial charge is 0.238 e. The van der Waals surface area contributed by atoms with Crippen LogP contribution >= 0.6 is 0 Å². The molecule has 0 fully saturated rings. The molecule has 1 amide bonds. The average Bonchev–Trinajstić information content (AvgIpc) is 2.31. The van der Waals surface area contributed by atoms with Crippen molar-refractivity contribution in [2.75, 3.05) is 25.5 Å². The molecule has 5 heteroatoms. The summed E-state index contributed by atoms with van der Waals surface area (Å²) in [6.45, 7) is 4.23. The monoisotopic (exact) mass is 268 g/mol. The third-order valence-corrected chi connectivity index (χ3v) is 2.80. The molecule has 0 saturated heterocycles. The molecular weight excluding hydrogens is 247 g/mol. The van der Waals surface area contributed by atoms with Gasteiger partial charge in [0.05, 0.1) is 12.6 Å². The maximum absolute atomic E-state index is 13.3. The van der Waals surface area contributed by atoms with Crippen molar-refractivity contribution in [3.05, 3.63) is 29.6 Å². The number of nitrogens with one attached hydrogen (secondary N) is 1. The van der Waals surface area contributed by atoms with Gasteiger partial charge in [0.1, 0.15) is 5.82 Å². The Hall–Kier alpha value is -1.46. The molecule has 1 unspecified atom stereocenters. The number of rotatable bonds is 6. The van der Waals surface area contributed by atoms with Crippen LogP contribution in [0.15, 0.2) is 18.2 Å². The van der Waals surface area contributed by atoms with E-state index in [1.54, 1.807) is 33.0 Å². The molecule has 0 bridgehead atoms. The number of nitrogens with zero attached hydrogens (tertiary/aromatic N) is 1. The van der Waals surface area contributed by atoms with E-state index < -0.39 is 0 Å². The highest BCUT2D eigenvalue weighted by atomic mass is 19.1. The summed E-state index contributed by atoms with van der Waals surface area (Å²) in [7, 11) is 1.80. The minimum atomic E-state index is -0.378. The Morgan fingerprint density at radius 3 is 2.79 bits per heavy atom. The zero-order valence-electron chi connectivity index (χ0n) is 11.6. The number of benzene rings is 1. The van der Waals surface area contributed by atoms with Crippen molar-refractivity contribution in [3.63, 3.8) is 0 Å². The van der Waals surface area contributed by atoms with E-state index in [0.29, 0.717) is 24.2 Å². The Kier molecular flexibility index (Phi) is 5.92. The quantitative estimate of drug-likeness (QED) is 0.827. The topological polar surface area (TPSA) is 52.6 Å². The van der Waals surface area contributed by atoms with E-state index in [2.05, 4.69) is 5.32 Å².